The van der Waals surface area contributed by atoms with E-state index >= 15 is 0 Å². The summed E-state index contributed by atoms with van der Waals surface area (Å²) in [7, 11) is 4.15. The van der Waals surface area contributed by atoms with Gasteiger partial charge in [-0.1, -0.05) is 31.7 Å². The van der Waals surface area contributed by atoms with Gasteiger partial charge in [0.2, 0.25) is 0 Å². The Morgan fingerprint density at radius 1 is 1.35 bits per heavy atom. The first-order chi connectivity index (χ1) is 9.45. The summed E-state index contributed by atoms with van der Waals surface area (Å²) in [6.45, 7) is 12.6. The molecule has 0 fully saturated rings. The van der Waals surface area contributed by atoms with E-state index < -0.39 is 0 Å². The van der Waals surface area contributed by atoms with Gasteiger partial charge in [0, 0.05) is 18.8 Å². The van der Waals surface area contributed by atoms with Crippen LogP contribution < -0.4 is 5.32 Å². The molecule has 1 aromatic carbocycles. The second-order valence-electron chi connectivity index (χ2n) is 5.53. The Hall–Kier alpha value is -1.54. The molecule has 0 heterocycles. The third kappa shape index (κ3) is 4.86. The van der Waals surface area contributed by atoms with E-state index in [0.717, 1.165) is 25.2 Å². The highest BCUT2D eigenvalue weighted by Gasteiger charge is 2.05. The van der Waals surface area contributed by atoms with E-state index in [9.17, 15) is 0 Å². The van der Waals surface area contributed by atoms with Gasteiger partial charge >= 0.3 is 0 Å². The molecule has 0 saturated heterocycles. The van der Waals surface area contributed by atoms with E-state index in [1.54, 1.807) is 0 Å². The van der Waals surface area contributed by atoms with Crippen LogP contribution in [0.5, 0.6) is 0 Å². The van der Waals surface area contributed by atoms with Crippen molar-refractivity contribution in [2.24, 2.45) is 0 Å². The van der Waals surface area contributed by atoms with Crippen molar-refractivity contribution in [3.63, 3.8) is 0 Å². The van der Waals surface area contributed by atoms with Crippen LogP contribution in [0.25, 0.3) is 11.3 Å². The number of likely N-dealkylation sites (N-methyl/N-ethyl adjacent to an activating group) is 1. The molecule has 0 aliphatic carbocycles. The molecular formula is C18H28N2. The predicted molar refractivity (Wildman–Crippen MR) is 90.7 cm³/mol. The largest absolute Gasteiger partial charge is 0.384 e. The number of benzene rings is 1. The highest BCUT2D eigenvalue weighted by molar-refractivity contribution is 5.72. The van der Waals surface area contributed by atoms with E-state index in [1.165, 1.54) is 22.3 Å². The van der Waals surface area contributed by atoms with Gasteiger partial charge in [0.25, 0.3) is 0 Å². The zero-order valence-corrected chi connectivity index (χ0v) is 13.6. The van der Waals surface area contributed by atoms with Crippen LogP contribution in [-0.4, -0.2) is 32.1 Å². The summed E-state index contributed by atoms with van der Waals surface area (Å²) >= 11 is 0. The highest BCUT2D eigenvalue weighted by Crippen LogP contribution is 2.22. The summed E-state index contributed by atoms with van der Waals surface area (Å²) in [5.74, 6) is 0. The van der Waals surface area contributed by atoms with E-state index in [1.807, 2.05) is 0 Å². The Labute approximate surface area is 124 Å². The first kappa shape index (κ1) is 16.5. The van der Waals surface area contributed by atoms with E-state index in [-0.39, 0.29) is 0 Å². The van der Waals surface area contributed by atoms with Crippen molar-refractivity contribution in [3.8, 4) is 0 Å². The number of aryl methyl sites for hydroxylation is 1. The van der Waals surface area contributed by atoms with Crippen LogP contribution in [0.1, 0.15) is 37.0 Å². The molecule has 0 radical (unpaired) electrons. The summed E-state index contributed by atoms with van der Waals surface area (Å²) in [5, 5.41) is 3.39. The van der Waals surface area contributed by atoms with Crippen molar-refractivity contribution in [3.05, 3.63) is 47.5 Å². The number of nitrogens with one attached hydrogen (secondary N) is 1. The van der Waals surface area contributed by atoms with Crippen molar-refractivity contribution < 1.29 is 0 Å². The van der Waals surface area contributed by atoms with Crippen molar-refractivity contribution in [1.82, 2.24) is 10.2 Å². The second kappa shape index (κ2) is 7.91. The van der Waals surface area contributed by atoms with Gasteiger partial charge in [-0.15, -0.1) is 0 Å². The molecule has 1 aromatic rings. The van der Waals surface area contributed by atoms with Gasteiger partial charge < -0.3 is 10.2 Å². The minimum absolute atomic E-state index is 0.916. The molecule has 1 N–H and O–H groups in total. The summed E-state index contributed by atoms with van der Waals surface area (Å²) in [6, 6.07) is 6.56. The lowest BCUT2D eigenvalue weighted by Crippen LogP contribution is -2.25. The molecule has 2 heteroatoms. The number of nitrogens with zero attached hydrogens (tertiary/aromatic N) is 1. The maximum absolute atomic E-state index is 4.15. The fourth-order valence-corrected chi connectivity index (χ4v) is 2.18. The molecule has 0 amide bonds. The maximum Gasteiger partial charge on any atom is 0.0341 e. The lowest BCUT2D eigenvalue weighted by molar-refractivity contribution is 0.411. The Kier molecular flexibility index (Phi) is 6.53. The first-order valence-electron chi connectivity index (χ1n) is 7.31. The molecule has 2 nitrogen and oxygen atoms in total. The number of rotatable bonds is 7. The molecule has 0 saturated carbocycles. The Morgan fingerprint density at radius 2 is 2.05 bits per heavy atom. The summed E-state index contributed by atoms with van der Waals surface area (Å²) in [4.78, 5) is 2.16. The molecule has 0 atom stereocenters. The SMILES string of the molecule is C=C(NCCN(C)C)c1ccc(C)c(/C(C)=C/CC)c1. The molecular weight excluding hydrogens is 244 g/mol. The van der Waals surface area contributed by atoms with Crippen molar-refractivity contribution in [2.75, 3.05) is 27.2 Å². The monoisotopic (exact) mass is 272 g/mol. The number of hydrogen-bond donors (Lipinski definition) is 1. The number of allylic oxidation sites excluding steroid dienone is 2. The lowest BCUT2D eigenvalue weighted by atomic mass is 9.97. The molecule has 20 heavy (non-hydrogen) atoms. The van der Waals surface area contributed by atoms with Gasteiger partial charge in [-0.25, -0.2) is 0 Å². The first-order valence-corrected chi connectivity index (χ1v) is 7.31. The van der Waals surface area contributed by atoms with Gasteiger partial charge in [-0.05, 0) is 62.7 Å². The Balaban J connectivity index is 2.84. The van der Waals surface area contributed by atoms with Crippen molar-refractivity contribution >= 4 is 11.3 Å². The maximum atomic E-state index is 4.15. The van der Waals surface area contributed by atoms with E-state index in [0.29, 0.717) is 0 Å². The summed E-state index contributed by atoms with van der Waals surface area (Å²) < 4.78 is 0. The van der Waals surface area contributed by atoms with Crippen LogP contribution in [0.2, 0.25) is 0 Å². The normalized spacial score (nSPS) is 11.8. The molecule has 110 valence electrons. The van der Waals surface area contributed by atoms with Crippen LogP contribution in [-0.2, 0) is 0 Å². The fraction of sp³-hybridized carbons (Fsp3) is 0.444. The van der Waals surface area contributed by atoms with Gasteiger partial charge in [-0.2, -0.15) is 0 Å². The third-order valence-corrected chi connectivity index (χ3v) is 3.42. The Bertz CT molecular complexity index is 484. The zero-order valence-electron chi connectivity index (χ0n) is 13.6. The lowest BCUT2D eigenvalue weighted by Gasteiger charge is -2.15. The van der Waals surface area contributed by atoms with E-state index in [2.05, 4.69) is 75.9 Å². The standard InChI is InChI=1S/C18H28N2/c1-7-8-14(2)18-13-17(10-9-15(18)3)16(4)19-11-12-20(5)6/h8-10,13,19H,4,7,11-12H2,1-3,5-6H3/b14-8+. The summed E-state index contributed by atoms with van der Waals surface area (Å²) in [6.07, 6.45) is 3.34. The molecule has 0 aliphatic rings. The number of hydrogen-bond acceptors (Lipinski definition) is 2. The fourth-order valence-electron chi connectivity index (χ4n) is 2.18. The molecule has 1 rings (SSSR count). The average Bonchev–Trinajstić information content (AvgIpc) is 2.38. The smallest absolute Gasteiger partial charge is 0.0341 e. The highest BCUT2D eigenvalue weighted by atomic mass is 15.1. The van der Waals surface area contributed by atoms with Gasteiger partial charge in [0.15, 0.2) is 0 Å². The van der Waals surface area contributed by atoms with Crippen LogP contribution in [0.3, 0.4) is 0 Å². The zero-order chi connectivity index (χ0) is 15.1. The van der Waals surface area contributed by atoms with Crippen molar-refractivity contribution in [1.29, 1.82) is 0 Å². The molecule has 0 aromatic heterocycles. The van der Waals surface area contributed by atoms with Gasteiger partial charge in [0.05, 0.1) is 0 Å². The third-order valence-electron chi connectivity index (χ3n) is 3.42. The predicted octanol–water partition coefficient (Wildman–Crippen LogP) is 3.93. The van der Waals surface area contributed by atoms with Crippen LogP contribution in [0, 0.1) is 6.92 Å². The van der Waals surface area contributed by atoms with Gasteiger partial charge in [-0.3, -0.25) is 0 Å². The van der Waals surface area contributed by atoms with Crippen LogP contribution >= 0.6 is 0 Å². The van der Waals surface area contributed by atoms with Crippen molar-refractivity contribution in [2.45, 2.75) is 27.2 Å². The minimum atomic E-state index is 0.916. The molecule has 0 spiro atoms. The van der Waals surface area contributed by atoms with Crippen LogP contribution in [0.15, 0.2) is 30.9 Å². The quantitative estimate of drug-likeness (QED) is 0.809. The molecule has 0 aliphatic heterocycles. The molecule has 0 bridgehead atoms. The van der Waals surface area contributed by atoms with Crippen LogP contribution in [0.4, 0.5) is 0 Å². The Morgan fingerprint density at radius 3 is 2.65 bits per heavy atom. The molecule has 0 unspecified atom stereocenters. The topological polar surface area (TPSA) is 15.3 Å². The minimum Gasteiger partial charge on any atom is -0.384 e. The second-order valence-corrected chi connectivity index (χ2v) is 5.53. The average molecular weight is 272 g/mol. The summed E-state index contributed by atoms with van der Waals surface area (Å²) in [5.41, 5.74) is 6.15. The van der Waals surface area contributed by atoms with Gasteiger partial charge in [0.1, 0.15) is 0 Å². The van der Waals surface area contributed by atoms with E-state index in [4.69, 9.17) is 0 Å².